The van der Waals surface area contributed by atoms with E-state index in [2.05, 4.69) is 13.5 Å². The van der Waals surface area contributed by atoms with E-state index in [4.69, 9.17) is 13.6 Å². The Bertz CT molecular complexity index is 345. The Kier molecular flexibility index (Phi) is 15.2. The van der Waals surface area contributed by atoms with Crippen molar-refractivity contribution in [3.8, 4) is 0 Å². The van der Waals surface area contributed by atoms with Crippen LogP contribution in [0.3, 0.4) is 0 Å². The van der Waals surface area contributed by atoms with Gasteiger partial charge in [-0.15, -0.1) is 0 Å². The zero-order chi connectivity index (χ0) is 19.0. The van der Waals surface area contributed by atoms with Crippen LogP contribution in [0.2, 0.25) is 12.1 Å². The van der Waals surface area contributed by atoms with E-state index in [9.17, 15) is 4.79 Å². The summed E-state index contributed by atoms with van der Waals surface area (Å²) in [4.78, 5) is 11.2. The van der Waals surface area contributed by atoms with Gasteiger partial charge in [0.1, 0.15) is 0 Å². The minimum absolute atomic E-state index is 0.269. The number of hydrogen-bond donors (Lipinski definition) is 0. The number of carbonyl (C=O) groups excluding carboxylic acids is 1. The molecule has 0 aromatic rings. The molecule has 0 unspecified atom stereocenters. The average Bonchev–Trinajstić information content (AvgIpc) is 2.62. The summed E-state index contributed by atoms with van der Waals surface area (Å²) in [5.41, 5.74) is 0.479. The lowest BCUT2D eigenvalue weighted by Crippen LogP contribution is -2.38. The second-order valence-corrected chi connectivity index (χ2v) is 10.7. The fourth-order valence-electron chi connectivity index (χ4n) is 2.95. The topological polar surface area (TPSA) is 44.8 Å². The molecular formula is C20H40O4Si. The van der Waals surface area contributed by atoms with Crippen molar-refractivity contribution in [1.29, 1.82) is 0 Å². The highest BCUT2D eigenvalue weighted by molar-refractivity contribution is 6.67. The number of ether oxygens (including phenoxy) is 1. The van der Waals surface area contributed by atoms with E-state index < -0.39 is 8.56 Å². The molecule has 148 valence electrons. The molecule has 4 nitrogen and oxygen atoms in total. The third kappa shape index (κ3) is 12.4. The van der Waals surface area contributed by atoms with Crippen LogP contribution in [0, 0.1) is 0 Å². The molecule has 5 heteroatoms. The van der Waals surface area contributed by atoms with Crippen molar-refractivity contribution in [2.45, 2.75) is 90.1 Å². The zero-order valence-electron chi connectivity index (χ0n) is 17.0. The summed E-state index contributed by atoms with van der Waals surface area (Å²) < 4.78 is 16.4. The van der Waals surface area contributed by atoms with E-state index in [1.165, 1.54) is 51.4 Å². The summed E-state index contributed by atoms with van der Waals surface area (Å²) in [5, 5.41) is 0. The van der Waals surface area contributed by atoms with Crippen LogP contribution in [-0.2, 0) is 18.4 Å². The Morgan fingerprint density at radius 1 is 0.840 bits per heavy atom. The lowest BCUT2D eigenvalue weighted by Gasteiger charge is -2.25. The van der Waals surface area contributed by atoms with Crippen LogP contribution in [-0.4, -0.2) is 35.4 Å². The fourth-order valence-corrected chi connectivity index (χ4v) is 5.25. The molecule has 0 aromatic heterocycles. The van der Waals surface area contributed by atoms with Crippen LogP contribution in [0.4, 0.5) is 0 Å². The Morgan fingerprint density at radius 3 is 1.68 bits per heavy atom. The quantitative estimate of drug-likeness (QED) is 0.141. The average molecular weight is 373 g/mol. The van der Waals surface area contributed by atoms with E-state index in [1.54, 1.807) is 21.1 Å². The maximum absolute atomic E-state index is 11.2. The summed E-state index contributed by atoms with van der Waals surface area (Å²) in [6, 6.07) is 2.15. The molecule has 0 aliphatic heterocycles. The van der Waals surface area contributed by atoms with Crippen LogP contribution < -0.4 is 0 Å². The van der Waals surface area contributed by atoms with Gasteiger partial charge in [-0.05, 0) is 25.4 Å². The standard InChI is InChI=1S/C20H40O4Si/c1-6-25(22-4,23-5)18-16-14-12-10-8-7-9-11-13-15-17-24-20(21)19(2)3/h2,6-18H2,1,3-5H3. The normalized spacial score (nSPS) is 11.5. The monoisotopic (exact) mass is 372 g/mol. The van der Waals surface area contributed by atoms with Crippen molar-refractivity contribution in [1.82, 2.24) is 0 Å². The summed E-state index contributed by atoms with van der Waals surface area (Å²) in [5.74, 6) is -0.269. The van der Waals surface area contributed by atoms with Gasteiger partial charge in [-0.3, -0.25) is 0 Å². The number of esters is 1. The van der Waals surface area contributed by atoms with Gasteiger partial charge < -0.3 is 13.6 Å². The SMILES string of the molecule is C=C(C)C(=O)OCCCCCCCCCCCC[Si](CC)(OC)OC. The minimum Gasteiger partial charge on any atom is -0.462 e. The number of carbonyl (C=O) groups is 1. The molecule has 0 rings (SSSR count). The van der Waals surface area contributed by atoms with Crippen molar-refractivity contribution < 1.29 is 18.4 Å². The van der Waals surface area contributed by atoms with Crippen LogP contribution in [0.15, 0.2) is 12.2 Å². The van der Waals surface area contributed by atoms with E-state index >= 15 is 0 Å². The molecule has 0 spiro atoms. The van der Waals surface area contributed by atoms with E-state index in [1.807, 2.05) is 0 Å². The lowest BCUT2D eigenvalue weighted by atomic mass is 10.1. The molecule has 0 fully saturated rings. The maximum atomic E-state index is 11.2. The number of unbranched alkanes of at least 4 members (excludes halogenated alkanes) is 9. The minimum atomic E-state index is -1.86. The Morgan fingerprint density at radius 2 is 1.28 bits per heavy atom. The molecule has 25 heavy (non-hydrogen) atoms. The Balaban J connectivity index is 3.34. The first-order chi connectivity index (χ1) is 12.0. The number of rotatable bonds is 17. The molecule has 0 aliphatic rings. The van der Waals surface area contributed by atoms with Crippen LogP contribution in [0.1, 0.15) is 78.1 Å². The molecule has 0 amide bonds. The van der Waals surface area contributed by atoms with Crippen molar-refractivity contribution in [2.75, 3.05) is 20.8 Å². The first-order valence-electron chi connectivity index (χ1n) is 9.94. The van der Waals surface area contributed by atoms with Gasteiger partial charge in [0.2, 0.25) is 0 Å². The molecule has 0 atom stereocenters. The van der Waals surface area contributed by atoms with Crippen LogP contribution >= 0.6 is 0 Å². The highest BCUT2D eigenvalue weighted by atomic mass is 28.4. The first-order valence-corrected chi connectivity index (χ1v) is 12.2. The molecule has 0 radical (unpaired) electrons. The van der Waals surface area contributed by atoms with Gasteiger partial charge in [0.05, 0.1) is 6.61 Å². The van der Waals surface area contributed by atoms with Crippen molar-refractivity contribution in [2.24, 2.45) is 0 Å². The molecule has 0 saturated carbocycles. The molecule has 0 bridgehead atoms. The summed E-state index contributed by atoms with van der Waals surface area (Å²) >= 11 is 0. The van der Waals surface area contributed by atoms with Gasteiger partial charge in [-0.2, -0.15) is 0 Å². The third-order valence-electron chi connectivity index (χ3n) is 4.82. The van der Waals surface area contributed by atoms with Gasteiger partial charge in [-0.25, -0.2) is 4.79 Å². The largest absolute Gasteiger partial charge is 0.462 e. The predicted octanol–water partition coefficient (Wildman–Crippen LogP) is 5.76. The highest BCUT2D eigenvalue weighted by Gasteiger charge is 2.32. The Labute approximate surface area is 156 Å². The molecule has 0 heterocycles. The summed E-state index contributed by atoms with van der Waals surface area (Å²) in [6.07, 6.45) is 12.4. The zero-order valence-corrected chi connectivity index (χ0v) is 18.0. The lowest BCUT2D eigenvalue weighted by molar-refractivity contribution is -0.139. The fraction of sp³-hybridized carbons (Fsp3) is 0.850. The predicted molar refractivity (Wildman–Crippen MR) is 107 cm³/mol. The van der Waals surface area contributed by atoms with Crippen LogP contribution in [0.25, 0.3) is 0 Å². The molecule has 0 aromatic carbocycles. The van der Waals surface area contributed by atoms with E-state index in [0.717, 1.165) is 24.9 Å². The molecular weight excluding hydrogens is 332 g/mol. The van der Waals surface area contributed by atoms with Crippen molar-refractivity contribution in [3.63, 3.8) is 0 Å². The molecule has 0 saturated heterocycles. The first kappa shape index (κ1) is 24.3. The van der Waals surface area contributed by atoms with Gasteiger partial charge in [-0.1, -0.05) is 71.3 Å². The smallest absolute Gasteiger partial charge is 0.337 e. The van der Waals surface area contributed by atoms with E-state index in [-0.39, 0.29) is 5.97 Å². The van der Waals surface area contributed by atoms with Crippen molar-refractivity contribution >= 4 is 14.5 Å². The third-order valence-corrected chi connectivity index (χ3v) is 8.50. The van der Waals surface area contributed by atoms with Crippen LogP contribution in [0.5, 0.6) is 0 Å². The Hall–Kier alpha value is -0.653. The molecule has 0 N–H and O–H groups in total. The molecule has 0 aliphatic carbocycles. The highest BCUT2D eigenvalue weighted by Crippen LogP contribution is 2.21. The van der Waals surface area contributed by atoms with Gasteiger partial charge in [0.25, 0.3) is 0 Å². The van der Waals surface area contributed by atoms with Gasteiger partial charge in [0, 0.05) is 19.8 Å². The van der Waals surface area contributed by atoms with Gasteiger partial charge in [0.15, 0.2) is 0 Å². The van der Waals surface area contributed by atoms with Gasteiger partial charge >= 0.3 is 14.5 Å². The second-order valence-electron chi connectivity index (χ2n) is 6.87. The summed E-state index contributed by atoms with van der Waals surface area (Å²) in [7, 11) is 1.73. The van der Waals surface area contributed by atoms with E-state index in [0.29, 0.717) is 12.2 Å². The maximum Gasteiger partial charge on any atom is 0.337 e. The van der Waals surface area contributed by atoms with Crippen molar-refractivity contribution in [3.05, 3.63) is 12.2 Å². The number of hydrogen-bond acceptors (Lipinski definition) is 4. The second kappa shape index (κ2) is 15.6. The summed E-state index contributed by atoms with van der Waals surface area (Å²) in [6.45, 7) is 7.95.